The summed E-state index contributed by atoms with van der Waals surface area (Å²) in [6.07, 6.45) is 3.40. The Morgan fingerprint density at radius 3 is 2.84 bits per heavy atom. The molecule has 1 atom stereocenters. The second-order valence-corrected chi connectivity index (χ2v) is 6.51. The van der Waals surface area contributed by atoms with E-state index in [1.807, 2.05) is 13.0 Å². The first-order valence-electron chi connectivity index (χ1n) is 7.03. The summed E-state index contributed by atoms with van der Waals surface area (Å²) in [7, 11) is 0. The highest BCUT2D eigenvalue weighted by molar-refractivity contribution is 6.31. The fourth-order valence-electron chi connectivity index (χ4n) is 2.58. The maximum Gasteiger partial charge on any atom is 0.0810 e. The van der Waals surface area contributed by atoms with Crippen LogP contribution in [0.25, 0.3) is 0 Å². The number of β-amino-alcohol motifs (C(OH)–C–C–N with tert-alkyl or cyclic N) is 1. The highest BCUT2D eigenvalue weighted by atomic mass is 35.5. The number of hydrogen-bond acceptors (Lipinski definition) is 3. The quantitative estimate of drug-likeness (QED) is 0.890. The van der Waals surface area contributed by atoms with Crippen LogP contribution < -0.4 is 10.2 Å². The minimum atomic E-state index is -0.571. The van der Waals surface area contributed by atoms with Crippen LogP contribution in [0.4, 0.5) is 5.69 Å². The minimum absolute atomic E-state index is 0.571. The molecule has 0 aromatic heterocycles. The summed E-state index contributed by atoms with van der Waals surface area (Å²) >= 11 is 6.35. The molecule has 0 spiro atoms. The molecule has 2 fully saturated rings. The lowest BCUT2D eigenvalue weighted by molar-refractivity contribution is 0.0839. The van der Waals surface area contributed by atoms with Crippen LogP contribution in [-0.4, -0.2) is 29.8 Å². The van der Waals surface area contributed by atoms with Gasteiger partial charge in [0, 0.05) is 36.4 Å². The molecule has 19 heavy (non-hydrogen) atoms. The molecule has 0 amide bonds. The lowest BCUT2D eigenvalue weighted by Crippen LogP contribution is -2.29. The van der Waals surface area contributed by atoms with Crippen molar-refractivity contribution in [2.75, 3.05) is 18.0 Å². The number of hydrogen-bond donors (Lipinski definition) is 2. The molecule has 1 aromatic carbocycles. The van der Waals surface area contributed by atoms with Gasteiger partial charge in [-0.3, -0.25) is 0 Å². The molecule has 1 aliphatic heterocycles. The maximum atomic E-state index is 10.0. The highest BCUT2D eigenvalue weighted by Crippen LogP contribution is 2.30. The van der Waals surface area contributed by atoms with Crippen molar-refractivity contribution in [3.8, 4) is 0 Å². The number of halogens is 1. The summed E-state index contributed by atoms with van der Waals surface area (Å²) in [5.74, 6) is 0. The van der Waals surface area contributed by atoms with Gasteiger partial charge in [0.15, 0.2) is 0 Å². The Bertz CT molecular complexity index is 471. The summed E-state index contributed by atoms with van der Waals surface area (Å²) in [4.78, 5) is 2.20. The van der Waals surface area contributed by atoms with Crippen LogP contribution in [0, 0.1) is 0 Å². The number of benzene rings is 1. The fourth-order valence-corrected chi connectivity index (χ4v) is 2.83. The topological polar surface area (TPSA) is 35.5 Å². The molecule has 3 nitrogen and oxygen atoms in total. The van der Waals surface area contributed by atoms with Gasteiger partial charge >= 0.3 is 0 Å². The van der Waals surface area contributed by atoms with Gasteiger partial charge in [-0.1, -0.05) is 17.7 Å². The average Bonchev–Trinajstić information content (AvgIpc) is 3.11. The standard InChI is InChI=1S/C15H21ClN2O/c1-15(19)6-7-18(10-15)13-5-2-11(14(16)8-13)9-17-12-3-4-12/h2,5,8,12,17,19H,3-4,6-7,9-10H2,1H3. The van der Waals surface area contributed by atoms with Gasteiger partial charge < -0.3 is 15.3 Å². The van der Waals surface area contributed by atoms with Gasteiger partial charge in [0.05, 0.1) is 5.60 Å². The molecule has 0 radical (unpaired) electrons. The molecule has 1 saturated carbocycles. The molecule has 1 unspecified atom stereocenters. The second-order valence-electron chi connectivity index (χ2n) is 6.10. The summed E-state index contributed by atoms with van der Waals surface area (Å²) in [6, 6.07) is 6.92. The minimum Gasteiger partial charge on any atom is -0.388 e. The van der Waals surface area contributed by atoms with Crippen LogP contribution in [0.1, 0.15) is 31.7 Å². The van der Waals surface area contributed by atoms with Crippen LogP contribution in [0.15, 0.2) is 18.2 Å². The van der Waals surface area contributed by atoms with Crippen molar-refractivity contribution in [1.82, 2.24) is 5.32 Å². The third-order valence-electron chi connectivity index (χ3n) is 4.01. The predicted octanol–water partition coefficient (Wildman–Crippen LogP) is 2.55. The Hall–Kier alpha value is -0.770. The van der Waals surface area contributed by atoms with Crippen molar-refractivity contribution in [3.05, 3.63) is 28.8 Å². The van der Waals surface area contributed by atoms with E-state index < -0.39 is 5.60 Å². The molecular formula is C15H21ClN2O. The summed E-state index contributed by atoms with van der Waals surface area (Å²) in [5, 5.41) is 14.3. The zero-order valence-electron chi connectivity index (χ0n) is 11.3. The molecule has 104 valence electrons. The van der Waals surface area contributed by atoms with Crippen molar-refractivity contribution in [2.45, 2.75) is 44.4 Å². The van der Waals surface area contributed by atoms with Crippen molar-refractivity contribution >= 4 is 17.3 Å². The number of anilines is 1. The lowest BCUT2D eigenvalue weighted by atomic mass is 10.1. The van der Waals surface area contributed by atoms with E-state index in [4.69, 9.17) is 11.6 Å². The van der Waals surface area contributed by atoms with E-state index in [0.717, 1.165) is 35.8 Å². The summed E-state index contributed by atoms with van der Waals surface area (Å²) in [6.45, 7) is 4.32. The van der Waals surface area contributed by atoms with E-state index >= 15 is 0 Å². The number of rotatable bonds is 4. The van der Waals surface area contributed by atoms with E-state index in [0.29, 0.717) is 12.6 Å². The summed E-state index contributed by atoms with van der Waals surface area (Å²) < 4.78 is 0. The highest BCUT2D eigenvalue weighted by Gasteiger charge is 2.31. The molecule has 1 heterocycles. The molecule has 4 heteroatoms. The van der Waals surface area contributed by atoms with Gasteiger partial charge in [-0.2, -0.15) is 0 Å². The summed E-state index contributed by atoms with van der Waals surface area (Å²) in [5.41, 5.74) is 1.69. The van der Waals surface area contributed by atoms with E-state index in [2.05, 4.69) is 22.3 Å². The van der Waals surface area contributed by atoms with E-state index in [9.17, 15) is 5.11 Å². The van der Waals surface area contributed by atoms with Crippen molar-refractivity contribution in [3.63, 3.8) is 0 Å². The van der Waals surface area contributed by atoms with Crippen molar-refractivity contribution in [1.29, 1.82) is 0 Å². The number of nitrogens with zero attached hydrogens (tertiary/aromatic N) is 1. The van der Waals surface area contributed by atoms with Gasteiger partial charge in [-0.25, -0.2) is 0 Å². The largest absolute Gasteiger partial charge is 0.388 e. The normalized spacial score (nSPS) is 27.0. The average molecular weight is 281 g/mol. The lowest BCUT2D eigenvalue weighted by Gasteiger charge is -2.21. The molecule has 1 saturated heterocycles. The SMILES string of the molecule is CC1(O)CCN(c2ccc(CNC3CC3)c(Cl)c2)C1. The Kier molecular flexibility index (Phi) is 3.46. The smallest absolute Gasteiger partial charge is 0.0810 e. The zero-order chi connectivity index (χ0) is 13.5. The monoisotopic (exact) mass is 280 g/mol. The van der Waals surface area contributed by atoms with E-state index in [1.165, 1.54) is 12.8 Å². The van der Waals surface area contributed by atoms with Crippen molar-refractivity contribution in [2.24, 2.45) is 0 Å². The Morgan fingerprint density at radius 2 is 2.26 bits per heavy atom. The molecule has 0 bridgehead atoms. The molecular weight excluding hydrogens is 260 g/mol. The van der Waals surface area contributed by atoms with Crippen LogP contribution in [0.3, 0.4) is 0 Å². The Morgan fingerprint density at radius 1 is 1.47 bits per heavy atom. The Labute approximate surface area is 119 Å². The third kappa shape index (κ3) is 3.22. The van der Waals surface area contributed by atoms with Gasteiger partial charge in [-0.05, 0) is 43.9 Å². The van der Waals surface area contributed by atoms with Crippen LogP contribution >= 0.6 is 11.6 Å². The van der Waals surface area contributed by atoms with Gasteiger partial charge in [0.25, 0.3) is 0 Å². The molecule has 2 N–H and O–H groups in total. The third-order valence-corrected chi connectivity index (χ3v) is 4.36. The van der Waals surface area contributed by atoms with Gasteiger partial charge in [-0.15, -0.1) is 0 Å². The first-order chi connectivity index (χ1) is 9.03. The first-order valence-corrected chi connectivity index (χ1v) is 7.40. The first kappa shape index (κ1) is 13.2. The number of aliphatic hydroxyl groups is 1. The zero-order valence-corrected chi connectivity index (χ0v) is 12.1. The molecule has 2 aliphatic rings. The van der Waals surface area contributed by atoms with Crippen LogP contribution in [0.2, 0.25) is 5.02 Å². The second kappa shape index (κ2) is 4.97. The van der Waals surface area contributed by atoms with Crippen molar-refractivity contribution < 1.29 is 5.11 Å². The van der Waals surface area contributed by atoms with Crippen LogP contribution in [-0.2, 0) is 6.54 Å². The van der Waals surface area contributed by atoms with E-state index in [1.54, 1.807) is 0 Å². The molecule has 3 rings (SSSR count). The van der Waals surface area contributed by atoms with Gasteiger partial charge in [0.1, 0.15) is 0 Å². The predicted molar refractivity (Wildman–Crippen MR) is 78.8 cm³/mol. The molecule has 1 aromatic rings. The molecule has 1 aliphatic carbocycles. The van der Waals surface area contributed by atoms with Crippen LogP contribution in [0.5, 0.6) is 0 Å². The number of nitrogens with one attached hydrogen (secondary N) is 1. The van der Waals surface area contributed by atoms with E-state index in [-0.39, 0.29) is 0 Å². The Balaban J connectivity index is 1.68. The fraction of sp³-hybridized carbons (Fsp3) is 0.600. The van der Waals surface area contributed by atoms with Gasteiger partial charge in [0.2, 0.25) is 0 Å². The maximum absolute atomic E-state index is 10.0.